The van der Waals surface area contributed by atoms with Gasteiger partial charge in [0.1, 0.15) is 16.8 Å². The van der Waals surface area contributed by atoms with Crippen molar-refractivity contribution in [3.63, 3.8) is 0 Å². The van der Waals surface area contributed by atoms with Gasteiger partial charge in [0, 0.05) is 10.9 Å². The molecule has 45 heavy (non-hydrogen) atoms. The van der Waals surface area contributed by atoms with Gasteiger partial charge in [-0.3, -0.25) is 0 Å². The number of carbonyl (C=O) groups excluding carboxylic acids is 1. The van der Waals surface area contributed by atoms with Gasteiger partial charge in [-0.25, -0.2) is 14.6 Å². The SMILES string of the molecule is CC(C)(C)OC(=O)C(O/N=C(/C(=O)O)c1csc(NC(c2ccccc2)(c2ccccc2)c2ccccc2)n1)c1ccccc1. The standard InChI is InChI=1S/C36H33N3O5S/c1-35(2,3)43-33(42)31(25-16-8-4-9-17-25)44-39-30(32(40)41)29-24-45-34(37-29)38-36(26-18-10-5-11-19-26,27-20-12-6-13-21-27)28-22-14-7-15-23-28/h4-24,31H,1-3H3,(H,37,38)(H,40,41)/b39-30+. The molecule has 2 N–H and O–H groups in total. The predicted octanol–water partition coefficient (Wildman–Crippen LogP) is 7.44. The van der Waals surface area contributed by atoms with Crippen LogP contribution < -0.4 is 5.32 Å². The van der Waals surface area contributed by atoms with E-state index in [0.717, 1.165) is 16.7 Å². The molecule has 1 heterocycles. The molecule has 5 rings (SSSR count). The molecule has 0 aliphatic heterocycles. The van der Waals surface area contributed by atoms with E-state index in [-0.39, 0.29) is 5.69 Å². The molecular formula is C36H33N3O5S. The van der Waals surface area contributed by atoms with Crippen LogP contribution in [0.3, 0.4) is 0 Å². The van der Waals surface area contributed by atoms with Crippen LogP contribution in [-0.2, 0) is 24.7 Å². The Hall–Kier alpha value is -5.28. The van der Waals surface area contributed by atoms with Gasteiger partial charge in [-0.2, -0.15) is 0 Å². The first-order valence-corrected chi connectivity index (χ1v) is 15.2. The van der Waals surface area contributed by atoms with E-state index < -0.39 is 34.9 Å². The minimum absolute atomic E-state index is 0.0779. The van der Waals surface area contributed by atoms with Gasteiger partial charge in [0.2, 0.25) is 11.8 Å². The van der Waals surface area contributed by atoms with E-state index in [2.05, 4.69) is 15.5 Å². The van der Waals surface area contributed by atoms with Gasteiger partial charge >= 0.3 is 11.9 Å². The van der Waals surface area contributed by atoms with Crippen LogP contribution in [0.25, 0.3) is 0 Å². The average molecular weight is 620 g/mol. The number of ether oxygens (including phenoxy) is 1. The molecule has 0 saturated heterocycles. The van der Waals surface area contributed by atoms with Crippen molar-refractivity contribution in [2.24, 2.45) is 5.16 Å². The molecule has 5 aromatic rings. The minimum atomic E-state index is -1.36. The quantitative estimate of drug-likeness (QED) is 0.0685. The summed E-state index contributed by atoms with van der Waals surface area (Å²) in [4.78, 5) is 35.7. The smallest absolute Gasteiger partial charge is 0.360 e. The Labute approximate surface area is 266 Å². The third kappa shape index (κ3) is 7.27. The van der Waals surface area contributed by atoms with Crippen molar-refractivity contribution in [1.29, 1.82) is 0 Å². The molecule has 0 bridgehead atoms. The summed E-state index contributed by atoms with van der Waals surface area (Å²) in [5.74, 6) is -2.05. The Bertz CT molecular complexity index is 1660. The van der Waals surface area contributed by atoms with Crippen LogP contribution in [-0.4, -0.2) is 33.3 Å². The van der Waals surface area contributed by atoms with Crippen LogP contribution >= 0.6 is 11.3 Å². The minimum Gasteiger partial charge on any atom is -0.476 e. The number of aromatic nitrogens is 1. The predicted molar refractivity (Wildman–Crippen MR) is 175 cm³/mol. The highest BCUT2D eigenvalue weighted by Gasteiger charge is 2.37. The number of carboxylic acids is 1. The number of thiazole rings is 1. The molecule has 0 saturated carbocycles. The van der Waals surface area contributed by atoms with Gasteiger partial charge in [0.05, 0.1) is 0 Å². The second kappa shape index (κ2) is 13.6. The summed E-state index contributed by atoms with van der Waals surface area (Å²) in [6.45, 7) is 5.22. The summed E-state index contributed by atoms with van der Waals surface area (Å²) < 4.78 is 5.53. The molecular weight excluding hydrogens is 586 g/mol. The first kappa shape index (κ1) is 31.2. The number of nitrogens with zero attached hydrogens (tertiary/aromatic N) is 2. The maximum Gasteiger partial charge on any atom is 0.360 e. The fraction of sp³-hybridized carbons (Fsp3) is 0.167. The van der Waals surface area contributed by atoms with Crippen LogP contribution in [0.2, 0.25) is 0 Å². The Balaban J connectivity index is 1.53. The number of aliphatic carboxylic acids is 1. The molecule has 1 unspecified atom stereocenters. The first-order chi connectivity index (χ1) is 21.7. The number of rotatable bonds is 11. The van der Waals surface area contributed by atoms with Crippen LogP contribution in [0, 0.1) is 0 Å². The highest BCUT2D eigenvalue weighted by atomic mass is 32.1. The van der Waals surface area contributed by atoms with Crippen molar-refractivity contribution in [2.75, 3.05) is 5.32 Å². The molecule has 9 heteroatoms. The van der Waals surface area contributed by atoms with E-state index >= 15 is 0 Å². The van der Waals surface area contributed by atoms with E-state index in [1.54, 1.807) is 56.5 Å². The van der Waals surface area contributed by atoms with Crippen molar-refractivity contribution in [3.05, 3.63) is 155 Å². The van der Waals surface area contributed by atoms with Gasteiger partial charge in [0.25, 0.3) is 0 Å². The lowest BCUT2D eigenvalue weighted by Gasteiger charge is -2.36. The van der Waals surface area contributed by atoms with Crippen molar-refractivity contribution in [1.82, 2.24) is 4.98 Å². The Kier molecular flexibility index (Phi) is 9.39. The second-order valence-electron chi connectivity index (χ2n) is 11.2. The zero-order valence-corrected chi connectivity index (χ0v) is 25.9. The van der Waals surface area contributed by atoms with E-state index in [9.17, 15) is 14.7 Å². The van der Waals surface area contributed by atoms with Crippen LogP contribution in [0.15, 0.2) is 132 Å². The number of benzene rings is 4. The molecule has 0 fully saturated rings. The number of nitrogens with one attached hydrogen (secondary N) is 1. The first-order valence-electron chi connectivity index (χ1n) is 14.3. The van der Waals surface area contributed by atoms with Crippen molar-refractivity contribution in [2.45, 2.75) is 38.0 Å². The van der Waals surface area contributed by atoms with Crippen molar-refractivity contribution < 1.29 is 24.3 Å². The van der Waals surface area contributed by atoms with Crippen molar-refractivity contribution >= 4 is 34.1 Å². The summed E-state index contributed by atoms with van der Waals surface area (Å²) in [5.41, 5.74) is 1.37. The number of carbonyl (C=O) groups is 2. The molecule has 0 radical (unpaired) electrons. The molecule has 0 aliphatic carbocycles. The van der Waals surface area contributed by atoms with Gasteiger partial charge in [0.15, 0.2) is 5.13 Å². The Morgan fingerprint density at radius 2 is 1.24 bits per heavy atom. The monoisotopic (exact) mass is 619 g/mol. The number of esters is 1. The van der Waals surface area contributed by atoms with Crippen LogP contribution in [0.5, 0.6) is 0 Å². The highest BCUT2D eigenvalue weighted by molar-refractivity contribution is 7.14. The number of anilines is 1. The molecule has 228 valence electrons. The van der Waals surface area contributed by atoms with Gasteiger partial charge in [-0.05, 0) is 37.5 Å². The van der Waals surface area contributed by atoms with Crippen LogP contribution in [0.4, 0.5) is 5.13 Å². The zero-order chi connectivity index (χ0) is 31.9. The normalized spacial score (nSPS) is 12.6. The summed E-state index contributed by atoms with van der Waals surface area (Å²) in [5, 5.41) is 19.8. The topological polar surface area (TPSA) is 110 Å². The lowest BCUT2D eigenvalue weighted by Crippen LogP contribution is -2.38. The van der Waals surface area contributed by atoms with E-state index in [0.29, 0.717) is 10.7 Å². The van der Waals surface area contributed by atoms with Gasteiger partial charge < -0.3 is 20.0 Å². The fourth-order valence-electron chi connectivity index (χ4n) is 4.91. The summed E-state index contributed by atoms with van der Waals surface area (Å²) in [6.07, 6.45) is -1.28. The largest absolute Gasteiger partial charge is 0.476 e. The van der Waals surface area contributed by atoms with E-state index in [1.807, 2.05) is 91.0 Å². The third-order valence-electron chi connectivity index (χ3n) is 6.84. The Morgan fingerprint density at radius 3 is 1.69 bits per heavy atom. The number of oxime groups is 1. The van der Waals surface area contributed by atoms with Crippen molar-refractivity contribution in [3.8, 4) is 0 Å². The number of hydrogen-bond donors (Lipinski definition) is 2. The molecule has 8 nitrogen and oxygen atoms in total. The maximum absolute atomic E-state index is 13.1. The zero-order valence-electron chi connectivity index (χ0n) is 25.1. The lowest BCUT2D eigenvalue weighted by atomic mass is 9.77. The number of hydrogen-bond acceptors (Lipinski definition) is 8. The van der Waals surface area contributed by atoms with E-state index in [4.69, 9.17) is 9.57 Å². The molecule has 4 aromatic carbocycles. The third-order valence-corrected chi connectivity index (χ3v) is 7.59. The van der Waals surface area contributed by atoms with E-state index in [1.165, 1.54) is 11.3 Å². The summed E-state index contributed by atoms with van der Waals surface area (Å²) in [6, 6.07) is 38.7. The highest BCUT2D eigenvalue weighted by Crippen LogP contribution is 2.40. The fourth-order valence-corrected chi connectivity index (χ4v) is 5.66. The van der Waals surface area contributed by atoms with Crippen LogP contribution in [0.1, 0.15) is 54.8 Å². The molecule has 0 aliphatic rings. The maximum atomic E-state index is 13.1. The average Bonchev–Trinajstić information content (AvgIpc) is 3.50. The van der Waals surface area contributed by atoms with Gasteiger partial charge in [-0.15, -0.1) is 11.3 Å². The molecule has 0 amide bonds. The molecule has 1 atom stereocenters. The Morgan fingerprint density at radius 1 is 0.778 bits per heavy atom. The molecule has 0 spiro atoms. The summed E-state index contributed by atoms with van der Waals surface area (Å²) in [7, 11) is 0. The number of carboxylic acid groups (broad SMARTS) is 1. The molecule has 1 aromatic heterocycles. The second-order valence-corrected chi connectivity index (χ2v) is 12.0. The van der Waals surface area contributed by atoms with Gasteiger partial charge in [-0.1, -0.05) is 126 Å². The lowest BCUT2D eigenvalue weighted by molar-refractivity contribution is -0.169. The summed E-state index contributed by atoms with van der Waals surface area (Å²) >= 11 is 1.24.